The summed E-state index contributed by atoms with van der Waals surface area (Å²) in [6.45, 7) is 0. The molecule has 0 aliphatic carbocycles. The van der Waals surface area contributed by atoms with Crippen LogP contribution in [0.3, 0.4) is 0 Å². The molecule has 0 aliphatic rings. The highest BCUT2D eigenvalue weighted by Crippen LogP contribution is 2.36. The summed E-state index contributed by atoms with van der Waals surface area (Å²) in [5, 5.41) is 7.28. The van der Waals surface area contributed by atoms with Crippen LogP contribution >= 0.6 is 0 Å². The van der Waals surface area contributed by atoms with E-state index >= 15 is 0 Å². The third-order valence-electron chi connectivity index (χ3n) is 10.3. The average molecular weight is 652 g/mol. The first-order valence-corrected chi connectivity index (χ1v) is 17.3. The molecule has 0 aliphatic heterocycles. The summed E-state index contributed by atoms with van der Waals surface area (Å²) in [5.41, 5.74) is 8.85. The largest absolute Gasteiger partial charge is 0.309 e. The van der Waals surface area contributed by atoms with Crippen LogP contribution in [-0.2, 0) is 0 Å². The van der Waals surface area contributed by atoms with Gasteiger partial charge in [-0.1, -0.05) is 109 Å². The van der Waals surface area contributed by atoms with Gasteiger partial charge in [0.25, 0.3) is 0 Å². The highest BCUT2D eigenvalue weighted by atomic mass is 15.1. The standard InChI is InChI=1S/C46H29N5/c1-7-19-38-32(13-1)33-14-2-8-20-39(33)49(38)31-27-25-30(26-28-31)46-47-44(50-40-21-9-3-15-34(40)35-16-4-10-22-41(35)50)29-45(48-46)51-42-23-11-5-17-36(42)37-18-6-12-24-43(37)51/h1-29H. The molecule has 0 saturated carbocycles. The third-order valence-corrected chi connectivity index (χ3v) is 10.3. The van der Waals surface area contributed by atoms with Crippen molar-refractivity contribution in [3.8, 4) is 28.7 Å². The minimum Gasteiger partial charge on any atom is -0.309 e. The van der Waals surface area contributed by atoms with E-state index in [4.69, 9.17) is 9.97 Å². The van der Waals surface area contributed by atoms with Crippen LogP contribution in [0.2, 0.25) is 0 Å². The minimum atomic E-state index is 0.667. The molecule has 0 fully saturated rings. The van der Waals surface area contributed by atoms with E-state index in [1.165, 1.54) is 43.4 Å². The number of hydrogen-bond donors (Lipinski definition) is 0. The number of nitrogens with zero attached hydrogens (tertiary/aromatic N) is 5. The summed E-state index contributed by atoms with van der Waals surface area (Å²) in [6, 6.07) is 62.3. The van der Waals surface area contributed by atoms with Gasteiger partial charge in [-0.25, -0.2) is 9.97 Å². The van der Waals surface area contributed by atoms with Gasteiger partial charge in [-0.15, -0.1) is 0 Å². The van der Waals surface area contributed by atoms with Crippen LogP contribution in [0, 0.1) is 0 Å². The lowest BCUT2D eigenvalue weighted by molar-refractivity contribution is 0.994. The minimum absolute atomic E-state index is 0.667. The van der Waals surface area contributed by atoms with E-state index in [1.807, 2.05) is 0 Å². The van der Waals surface area contributed by atoms with Gasteiger partial charge in [0.1, 0.15) is 11.6 Å². The molecule has 5 nitrogen and oxygen atoms in total. The summed E-state index contributed by atoms with van der Waals surface area (Å²) in [5.74, 6) is 2.31. The molecule has 0 unspecified atom stereocenters. The van der Waals surface area contributed by atoms with Crippen molar-refractivity contribution in [3.05, 3.63) is 176 Å². The first kappa shape index (κ1) is 27.9. The number of para-hydroxylation sites is 6. The maximum atomic E-state index is 5.34. The molecule has 0 radical (unpaired) electrons. The summed E-state index contributed by atoms with van der Waals surface area (Å²) in [6.07, 6.45) is 0. The van der Waals surface area contributed by atoms with Crippen LogP contribution in [0.15, 0.2) is 176 Å². The number of hydrogen-bond acceptors (Lipinski definition) is 2. The van der Waals surface area contributed by atoms with Crippen molar-refractivity contribution in [1.29, 1.82) is 0 Å². The van der Waals surface area contributed by atoms with Crippen molar-refractivity contribution in [3.63, 3.8) is 0 Å². The van der Waals surface area contributed by atoms with Crippen LogP contribution in [0.1, 0.15) is 0 Å². The Hall–Kier alpha value is -6.98. The Morgan fingerprint density at radius 2 is 0.588 bits per heavy atom. The molecule has 0 atom stereocenters. The summed E-state index contributed by atoms with van der Waals surface area (Å²) in [7, 11) is 0. The molecule has 0 bridgehead atoms. The lowest BCUT2D eigenvalue weighted by Gasteiger charge is -2.14. The molecule has 4 aromatic heterocycles. The fraction of sp³-hybridized carbons (Fsp3) is 0. The lowest BCUT2D eigenvalue weighted by atomic mass is 10.2. The Bertz CT molecular complexity index is 2850. The normalized spacial score (nSPS) is 11.9. The Morgan fingerprint density at radius 1 is 0.294 bits per heavy atom. The predicted molar refractivity (Wildman–Crippen MR) is 210 cm³/mol. The monoisotopic (exact) mass is 651 g/mol. The van der Waals surface area contributed by atoms with E-state index in [0.29, 0.717) is 5.82 Å². The molecule has 0 spiro atoms. The number of benzene rings is 7. The first-order valence-electron chi connectivity index (χ1n) is 17.3. The molecule has 51 heavy (non-hydrogen) atoms. The Balaban J connectivity index is 1.17. The van der Waals surface area contributed by atoms with Gasteiger partial charge in [-0.3, -0.25) is 9.13 Å². The second kappa shape index (κ2) is 10.8. The second-order valence-electron chi connectivity index (χ2n) is 13.1. The maximum absolute atomic E-state index is 5.34. The van der Waals surface area contributed by atoms with E-state index in [2.05, 4.69) is 190 Å². The van der Waals surface area contributed by atoms with Crippen LogP contribution in [0.5, 0.6) is 0 Å². The van der Waals surface area contributed by atoms with E-state index in [1.54, 1.807) is 0 Å². The van der Waals surface area contributed by atoms with Gasteiger partial charge in [0.05, 0.1) is 33.1 Å². The van der Waals surface area contributed by atoms with Gasteiger partial charge in [-0.05, 0) is 60.7 Å². The lowest BCUT2D eigenvalue weighted by Crippen LogP contribution is -2.06. The van der Waals surface area contributed by atoms with Crippen molar-refractivity contribution < 1.29 is 0 Å². The molecular weight excluding hydrogens is 623 g/mol. The van der Waals surface area contributed by atoms with Gasteiger partial charge in [-0.2, -0.15) is 0 Å². The van der Waals surface area contributed by atoms with Crippen molar-refractivity contribution in [2.75, 3.05) is 0 Å². The molecule has 4 heterocycles. The summed E-state index contributed by atoms with van der Waals surface area (Å²) in [4.78, 5) is 10.7. The van der Waals surface area contributed by atoms with Gasteiger partial charge >= 0.3 is 0 Å². The topological polar surface area (TPSA) is 40.6 Å². The van der Waals surface area contributed by atoms with Gasteiger partial charge in [0.2, 0.25) is 0 Å². The van der Waals surface area contributed by atoms with E-state index in [-0.39, 0.29) is 0 Å². The first-order chi connectivity index (χ1) is 25.3. The van der Waals surface area contributed by atoms with Crippen LogP contribution in [0.25, 0.3) is 94.1 Å². The Morgan fingerprint density at radius 3 is 0.922 bits per heavy atom. The quantitative estimate of drug-likeness (QED) is 0.190. The molecule has 11 rings (SSSR count). The van der Waals surface area contributed by atoms with Crippen molar-refractivity contribution in [2.24, 2.45) is 0 Å². The van der Waals surface area contributed by atoms with E-state index in [0.717, 1.165) is 45.0 Å². The third kappa shape index (κ3) is 4.09. The fourth-order valence-electron chi connectivity index (χ4n) is 8.08. The van der Waals surface area contributed by atoms with Crippen molar-refractivity contribution in [2.45, 2.75) is 0 Å². The van der Waals surface area contributed by atoms with Gasteiger partial charge < -0.3 is 4.57 Å². The smallest absolute Gasteiger partial charge is 0.163 e. The maximum Gasteiger partial charge on any atom is 0.163 e. The molecule has 7 aromatic carbocycles. The summed E-state index contributed by atoms with van der Waals surface area (Å²) < 4.78 is 6.90. The van der Waals surface area contributed by atoms with Crippen molar-refractivity contribution in [1.82, 2.24) is 23.7 Å². The zero-order chi connectivity index (χ0) is 33.5. The Labute approximate surface area is 292 Å². The number of aromatic nitrogens is 5. The highest BCUT2D eigenvalue weighted by molar-refractivity contribution is 6.11. The zero-order valence-electron chi connectivity index (χ0n) is 27.5. The molecule has 0 N–H and O–H groups in total. The van der Waals surface area contributed by atoms with E-state index in [9.17, 15) is 0 Å². The zero-order valence-corrected chi connectivity index (χ0v) is 27.5. The molecular formula is C46H29N5. The average Bonchev–Trinajstić information content (AvgIpc) is 3.84. The van der Waals surface area contributed by atoms with Crippen LogP contribution in [0.4, 0.5) is 0 Å². The number of fused-ring (bicyclic) bond motifs is 9. The highest BCUT2D eigenvalue weighted by Gasteiger charge is 2.19. The SMILES string of the molecule is c1ccc2c(c1)c1ccccc1n2-c1ccc(-c2nc(-n3c4ccccc4c4ccccc43)cc(-n3c4ccccc4c4ccccc43)n2)cc1. The Kier molecular flexibility index (Phi) is 5.89. The molecule has 0 saturated heterocycles. The van der Waals surface area contributed by atoms with E-state index < -0.39 is 0 Å². The summed E-state index contributed by atoms with van der Waals surface area (Å²) >= 11 is 0. The fourth-order valence-corrected chi connectivity index (χ4v) is 8.08. The number of rotatable bonds is 4. The van der Waals surface area contributed by atoms with Gasteiger partial charge in [0, 0.05) is 49.6 Å². The molecule has 11 aromatic rings. The van der Waals surface area contributed by atoms with Crippen molar-refractivity contribution >= 4 is 65.4 Å². The van der Waals surface area contributed by atoms with Gasteiger partial charge in [0.15, 0.2) is 5.82 Å². The predicted octanol–water partition coefficient (Wildman–Crippen LogP) is 11.4. The second-order valence-corrected chi connectivity index (χ2v) is 13.1. The molecule has 5 heteroatoms. The van der Waals surface area contributed by atoms with Crippen LogP contribution < -0.4 is 0 Å². The molecule has 0 amide bonds. The molecule has 238 valence electrons. The van der Waals surface area contributed by atoms with Crippen LogP contribution in [-0.4, -0.2) is 23.7 Å².